The fraction of sp³-hybridized carbons (Fsp3) is 0.333. The van der Waals surface area contributed by atoms with E-state index in [1.165, 1.54) is 12.8 Å². The van der Waals surface area contributed by atoms with Crippen molar-refractivity contribution in [1.29, 1.82) is 0 Å². The molecule has 22 heavy (non-hydrogen) atoms. The Hall–Kier alpha value is -2.15. The first-order chi connectivity index (χ1) is 10.8. The smallest absolute Gasteiger partial charge is 0.191 e. The third-order valence-electron chi connectivity index (χ3n) is 3.41. The van der Waals surface area contributed by atoms with Gasteiger partial charge in [-0.2, -0.15) is 0 Å². The number of nitrogens with zero attached hydrogens (tertiary/aromatic N) is 6. The summed E-state index contributed by atoms with van der Waals surface area (Å²) in [4.78, 5) is 0. The number of unbranched alkanes of at least 4 members (excludes halogenated alkanes) is 1. The van der Waals surface area contributed by atoms with Crippen LogP contribution in [0.15, 0.2) is 42.1 Å². The molecule has 0 spiro atoms. The van der Waals surface area contributed by atoms with E-state index in [-0.39, 0.29) is 0 Å². The number of hydrogen-bond donors (Lipinski definition) is 0. The van der Waals surface area contributed by atoms with Crippen LogP contribution in [0.25, 0.3) is 17.1 Å². The molecule has 0 bridgehead atoms. The fourth-order valence-corrected chi connectivity index (χ4v) is 3.11. The predicted molar refractivity (Wildman–Crippen MR) is 87.0 cm³/mol. The number of aromatic nitrogens is 6. The highest BCUT2D eigenvalue weighted by atomic mass is 32.2. The van der Waals surface area contributed by atoms with E-state index in [9.17, 15) is 0 Å². The highest BCUT2D eigenvalue weighted by Gasteiger charge is 2.11. The molecule has 0 saturated carbocycles. The first-order valence-electron chi connectivity index (χ1n) is 7.27. The lowest BCUT2D eigenvalue weighted by atomic mass is 10.2. The molecular weight excluding hydrogens is 296 g/mol. The summed E-state index contributed by atoms with van der Waals surface area (Å²) in [7, 11) is 2.01. The van der Waals surface area contributed by atoms with Gasteiger partial charge < -0.3 is 4.57 Å². The lowest BCUT2D eigenvalue weighted by Crippen LogP contribution is -1.96. The molecule has 2 heterocycles. The Kier molecular flexibility index (Phi) is 4.53. The lowest BCUT2D eigenvalue weighted by Gasteiger charge is -2.05. The van der Waals surface area contributed by atoms with Crippen LogP contribution in [0, 0.1) is 0 Å². The zero-order valence-electron chi connectivity index (χ0n) is 12.7. The quantitative estimate of drug-likeness (QED) is 0.517. The molecule has 0 N–H and O–H groups in total. The topological polar surface area (TPSA) is 61.4 Å². The van der Waals surface area contributed by atoms with Gasteiger partial charge in [0.15, 0.2) is 11.0 Å². The molecule has 0 fully saturated rings. The summed E-state index contributed by atoms with van der Waals surface area (Å²) >= 11 is 1.76. The normalized spacial score (nSPS) is 11.0. The van der Waals surface area contributed by atoms with E-state index < -0.39 is 0 Å². The minimum Gasteiger partial charge on any atom is -0.305 e. The molecule has 1 aromatic carbocycles. The van der Waals surface area contributed by atoms with Gasteiger partial charge in [0.1, 0.15) is 12.7 Å². The summed E-state index contributed by atoms with van der Waals surface area (Å²) in [6, 6.07) is 8.13. The monoisotopic (exact) mass is 314 g/mol. The largest absolute Gasteiger partial charge is 0.305 e. The van der Waals surface area contributed by atoms with Crippen molar-refractivity contribution in [3.8, 4) is 17.1 Å². The van der Waals surface area contributed by atoms with Gasteiger partial charge in [-0.1, -0.05) is 25.1 Å². The van der Waals surface area contributed by atoms with E-state index in [0.29, 0.717) is 0 Å². The summed E-state index contributed by atoms with van der Waals surface area (Å²) < 4.78 is 3.92. The third kappa shape index (κ3) is 3.04. The fourth-order valence-electron chi connectivity index (χ4n) is 2.12. The second-order valence-corrected chi connectivity index (χ2v) is 6.05. The first kappa shape index (κ1) is 14.8. The Balaban J connectivity index is 1.79. The van der Waals surface area contributed by atoms with Crippen molar-refractivity contribution in [3.63, 3.8) is 0 Å². The maximum Gasteiger partial charge on any atom is 0.191 e. The molecule has 7 heteroatoms. The molecule has 2 aromatic heterocycles. The van der Waals surface area contributed by atoms with Crippen LogP contribution in [0.2, 0.25) is 0 Å². The maximum absolute atomic E-state index is 4.32. The van der Waals surface area contributed by atoms with Crippen LogP contribution in [0.1, 0.15) is 19.8 Å². The number of benzene rings is 1. The van der Waals surface area contributed by atoms with Crippen molar-refractivity contribution in [3.05, 3.63) is 36.9 Å². The Bertz CT molecular complexity index is 717. The van der Waals surface area contributed by atoms with Crippen molar-refractivity contribution in [2.24, 2.45) is 7.05 Å². The summed E-state index contributed by atoms with van der Waals surface area (Å²) in [5.74, 6) is 1.96. The average molecular weight is 314 g/mol. The van der Waals surface area contributed by atoms with E-state index in [0.717, 1.165) is 28.0 Å². The van der Waals surface area contributed by atoms with Crippen LogP contribution in [-0.2, 0) is 7.05 Å². The molecule has 114 valence electrons. The van der Waals surface area contributed by atoms with E-state index in [2.05, 4.69) is 27.3 Å². The van der Waals surface area contributed by atoms with Crippen molar-refractivity contribution >= 4 is 11.8 Å². The molecule has 0 atom stereocenters. The molecule has 0 radical (unpaired) electrons. The molecule has 0 amide bonds. The van der Waals surface area contributed by atoms with Gasteiger partial charge in [-0.3, -0.25) is 4.57 Å². The van der Waals surface area contributed by atoms with Gasteiger partial charge in [0.05, 0.1) is 0 Å². The van der Waals surface area contributed by atoms with Gasteiger partial charge in [-0.15, -0.1) is 20.4 Å². The van der Waals surface area contributed by atoms with Gasteiger partial charge in [-0.25, -0.2) is 0 Å². The molecule has 3 aromatic rings. The van der Waals surface area contributed by atoms with Crippen LogP contribution >= 0.6 is 11.8 Å². The van der Waals surface area contributed by atoms with Gasteiger partial charge >= 0.3 is 0 Å². The number of thioether (sulfide) groups is 1. The van der Waals surface area contributed by atoms with Crippen LogP contribution in [-0.4, -0.2) is 35.3 Å². The van der Waals surface area contributed by atoms with Crippen molar-refractivity contribution in [1.82, 2.24) is 29.5 Å². The molecule has 0 unspecified atom stereocenters. The minimum atomic E-state index is 0.884. The van der Waals surface area contributed by atoms with Crippen LogP contribution in [0.4, 0.5) is 0 Å². The first-order valence-corrected chi connectivity index (χ1v) is 8.25. The van der Waals surface area contributed by atoms with Gasteiger partial charge in [-0.05, 0) is 30.7 Å². The van der Waals surface area contributed by atoms with Crippen molar-refractivity contribution in [2.75, 3.05) is 5.75 Å². The maximum atomic E-state index is 4.32. The molecule has 0 aliphatic carbocycles. The second kappa shape index (κ2) is 6.74. The molecule has 6 nitrogen and oxygen atoms in total. The van der Waals surface area contributed by atoms with Gasteiger partial charge in [0, 0.05) is 24.1 Å². The Morgan fingerprint density at radius 3 is 2.45 bits per heavy atom. The van der Waals surface area contributed by atoms with Crippen LogP contribution in [0.3, 0.4) is 0 Å². The summed E-state index contributed by atoms with van der Waals surface area (Å²) in [5.41, 5.74) is 2.07. The van der Waals surface area contributed by atoms with E-state index in [1.54, 1.807) is 24.4 Å². The minimum absolute atomic E-state index is 0.884. The average Bonchev–Trinajstić information content (AvgIpc) is 3.19. The predicted octanol–water partition coefficient (Wildman–Crippen LogP) is 2.96. The molecule has 3 rings (SSSR count). The zero-order valence-corrected chi connectivity index (χ0v) is 13.5. The lowest BCUT2D eigenvalue weighted by molar-refractivity contribution is 0.790. The Labute approximate surface area is 133 Å². The van der Waals surface area contributed by atoms with E-state index in [4.69, 9.17) is 0 Å². The van der Waals surface area contributed by atoms with Crippen molar-refractivity contribution in [2.45, 2.75) is 24.9 Å². The third-order valence-corrected chi connectivity index (χ3v) is 4.51. The molecule has 0 aliphatic rings. The zero-order chi connectivity index (χ0) is 15.4. The number of rotatable bonds is 6. The molecular formula is C15H18N6S. The van der Waals surface area contributed by atoms with Gasteiger partial charge in [0.25, 0.3) is 0 Å². The highest BCUT2D eigenvalue weighted by Crippen LogP contribution is 2.24. The van der Waals surface area contributed by atoms with Crippen LogP contribution < -0.4 is 0 Å². The summed E-state index contributed by atoms with van der Waals surface area (Å²) in [6.45, 7) is 2.19. The van der Waals surface area contributed by atoms with E-state index >= 15 is 0 Å². The van der Waals surface area contributed by atoms with Crippen molar-refractivity contribution < 1.29 is 0 Å². The van der Waals surface area contributed by atoms with E-state index in [1.807, 2.05) is 40.4 Å². The van der Waals surface area contributed by atoms with Gasteiger partial charge in [0.2, 0.25) is 0 Å². The highest BCUT2D eigenvalue weighted by molar-refractivity contribution is 7.99. The summed E-state index contributed by atoms with van der Waals surface area (Å²) in [6.07, 6.45) is 5.75. The Morgan fingerprint density at radius 2 is 1.77 bits per heavy atom. The number of hydrogen-bond acceptors (Lipinski definition) is 5. The Morgan fingerprint density at radius 1 is 1.05 bits per heavy atom. The SMILES string of the molecule is CCCCSc1nnc(-c2ccc(-n3cnnc3)cc2)n1C. The second-order valence-electron chi connectivity index (χ2n) is 4.98. The molecule has 0 aliphatic heterocycles. The summed E-state index contributed by atoms with van der Waals surface area (Å²) in [5, 5.41) is 17.2. The molecule has 0 saturated heterocycles. The van der Waals surface area contributed by atoms with Crippen LogP contribution in [0.5, 0.6) is 0 Å². The standard InChI is InChI=1S/C15H18N6S/c1-3-4-9-22-15-19-18-14(20(15)2)12-5-7-13(8-6-12)21-10-16-17-11-21/h5-8,10-11H,3-4,9H2,1-2H3.